The number of imidazole rings is 1. The van der Waals surface area contributed by atoms with Gasteiger partial charge in [-0.05, 0) is 18.2 Å². The van der Waals surface area contributed by atoms with Crippen molar-refractivity contribution in [2.45, 2.75) is 37.1 Å². The lowest BCUT2D eigenvalue weighted by Gasteiger charge is -2.33. The summed E-state index contributed by atoms with van der Waals surface area (Å²) in [6.45, 7) is 0.361. The zero-order valence-electron chi connectivity index (χ0n) is 16.5. The van der Waals surface area contributed by atoms with E-state index in [2.05, 4.69) is 25.3 Å². The quantitative estimate of drug-likeness (QED) is 0.503. The number of hydrogen-bond donors (Lipinski definition) is 1. The molecule has 4 aromatic heterocycles. The van der Waals surface area contributed by atoms with Crippen LogP contribution in [0.2, 0.25) is 5.02 Å². The fourth-order valence-corrected chi connectivity index (χ4v) is 4.59. The van der Waals surface area contributed by atoms with Crippen LogP contribution in [0.25, 0.3) is 5.52 Å². The molecule has 1 N–H and O–H groups in total. The number of aromatic amines is 1. The van der Waals surface area contributed by atoms with Gasteiger partial charge in [-0.15, -0.1) is 10.2 Å². The monoisotopic (exact) mass is 459 g/mol. The molecule has 164 valence electrons. The van der Waals surface area contributed by atoms with Crippen LogP contribution in [0.3, 0.4) is 0 Å². The van der Waals surface area contributed by atoms with Crippen LogP contribution in [-0.2, 0) is 6.42 Å². The number of rotatable bonds is 3. The summed E-state index contributed by atoms with van der Waals surface area (Å²) in [6, 6.07) is 4.75. The molecule has 4 aromatic rings. The molecule has 6 rings (SSSR count). The minimum Gasteiger partial charge on any atom is -0.417 e. The number of pyridine rings is 1. The molecule has 1 aliphatic carbocycles. The van der Waals surface area contributed by atoms with E-state index in [1.807, 2.05) is 6.07 Å². The van der Waals surface area contributed by atoms with Crippen molar-refractivity contribution in [2.75, 3.05) is 6.54 Å². The summed E-state index contributed by atoms with van der Waals surface area (Å²) in [4.78, 5) is 22.4. The number of halogens is 3. The van der Waals surface area contributed by atoms with Gasteiger partial charge in [-0.2, -0.15) is 5.10 Å². The van der Waals surface area contributed by atoms with Gasteiger partial charge in [-0.3, -0.25) is 4.79 Å². The Balaban J connectivity index is 1.36. The number of carbonyl (C=O) groups is 1. The molecule has 0 aromatic carbocycles. The molecule has 9 nitrogen and oxygen atoms in total. The van der Waals surface area contributed by atoms with Gasteiger partial charge < -0.3 is 14.3 Å². The van der Waals surface area contributed by atoms with Crippen molar-refractivity contribution in [1.82, 2.24) is 34.7 Å². The molecule has 1 amide bonds. The first kappa shape index (κ1) is 19.4. The van der Waals surface area contributed by atoms with E-state index >= 15 is 0 Å². The van der Waals surface area contributed by atoms with Crippen LogP contribution in [0.1, 0.15) is 58.5 Å². The predicted octanol–water partition coefficient (Wildman–Crippen LogP) is 3.39. The second kappa shape index (κ2) is 6.83. The topological polar surface area (TPSA) is 105 Å². The highest BCUT2D eigenvalue weighted by Gasteiger charge is 2.49. The Morgan fingerprint density at radius 2 is 2.16 bits per heavy atom. The van der Waals surface area contributed by atoms with Gasteiger partial charge in [-0.25, -0.2) is 18.3 Å². The third-order valence-electron chi connectivity index (χ3n) is 6.00. The maximum absolute atomic E-state index is 13.3. The summed E-state index contributed by atoms with van der Waals surface area (Å²) < 4.78 is 33.6. The molecule has 5 heterocycles. The highest BCUT2D eigenvalue weighted by molar-refractivity contribution is 6.33. The molecule has 0 spiro atoms. The summed E-state index contributed by atoms with van der Waals surface area (Å²) >= 11 is 6.31. The van der Waals surface area contributed by atoms with Crippen LogP contribution in [0.5, 0.6) is 0 Å². The second-order valence-electron chi connectivity index (χ2n) is 8.08. The average Bonchev–Trinajstić information content (AvgIpc) is 3.49. The number of aromatic nitrogens is 6. The van der Waals surface area contributed by atoms with Crippen molar-refractivity contribution < 1.29 is 18.0 Å². The first-order valence-corrected chi connectivity index (χ1v) is 10.5. The number of nitrogens with one attached hydrogen (secondary N) is 1. The maximum Gasteiger partial charge on any atom is 0.312 e. The van der Waals surface area contributed by atoms with Crippen LogP contribution in [0, 0.1) is 0 Å². The average molecular weight is 460 g/mol. The Morgan fingerprint density at radius 1 is 1.31 bits per heavy atom. The molecule has 1 aliphatic heterocycles. The molecule has 1 atom stereocenters. The third-order valence-corrected chi connectivity index (χ3v) is 6.32. The molecule has 1 fully saturated rings. The molecule has 0 radical (unpaired) electrons. The molecule has 1 saturated carbocycles. The number of fused-ring (bicyclic) bond motifs is 2. The first-order chi connectivity index (χ1) is 15.4. The summed E-state index contributed by atoms with van der Waals surface area (Å²) in [5.41, 5.74) is 2.86. The predicted molar refractivity (Wildman–Crippen MR) is 107 cm³/mol. The highest BCUT2D eigenvalue weighted by Crippen LogP contribution is 2.47. The number of nitrogens with zero attached hydrogens (tertiary/aromatic N) is 6. The number of amides is 1. The lowest BCUT2D eigenvalue weighted by atomic mass is 9.81. The van der Waals surface area contributed by atoms with Crippen LogP contribution >= 0.6 is 11.6 Å². The molecule has 2 aliphatic rings. The van der Waals surface area contributed by atoms with Crippen LogP contribution in [0.4, 0.5) is 8.78 Å². The maximum atomic E-state index is 13.3. The smallest absolute Gasteiger partial charge is 0.312 e. The van der Waals surface area contributed by atoms with Gasteiger partial charge in [0.15, 0.2) is 0 Å². The van der Waals surface area contributed by atoms with Gasteiger partial charge in [0.05, 0.1) is 28.3 Å². The van der Waals surface area contributed by atoms with Gasteiger partial charge in [0.25, 0.3) is 0 Å². The van der Waals surface area contributed by atoms with Gasteiger partial charge in [0.1, 0.15) is 6.04 Å². The van der Waals surface area contributed by atoms with Gasteiger partial charge in [0.2, 0.25) is 11.8 Å². The molecule has 0 bridgehead atoms. The molecule has 12 heteroatoms. The zero-order chi connectivity index (χ0) is 22.0. The molecule has 0 saturated heterocycles. The first-order valence-electron chi connectivity index (χ1n) is 10.1. The molecule has 1 unspecified atom stereocenters. The summed E-state index contributed by atoms with van der Waals surface area (Å²) in [5, 5.41) is 12.8. The number of alkyl halides is 2. The lowest BCUT2D eigenvalue weighted by Crippen LogP contribution is -2.41. The fraction of sp³-hybridized carbons (Fsp3) is 0.350. The van der Waals surface area contributed by atoms with E-state index in [4.69, 9.17) is 16.0 Å². The Morgan fingerprint density at radius 3 is 2.94 bits per heavy atom. The molecule has 32 heavy (non-hydrogen) atoms. The van der Waals surface area contributed by atoms with Crippen molar-refractivity contribution in [3.8, 4) is 0 Å². The van der Waals surface area contributed by atoms with E-state index in [0.29, 0.717) is 34.9 Å². The summed E-state index contributed by atoms with van der Waals surface area (Å²) in [5.74, 6) is -3.93. The van der Waals surface area contributed by atoms with Gasteiger partial charge >= 0.3 is 11.8 Å². The number of hydrogen-bond acceptors (Lipinski definition) is 6. The summed E-state index contributed by atoms with van der Waals surface area (Å²) in [7, 11) is 0. The minimum absolute atomic E-state index is 0.0628. The Hall–Kier alpha value is -3.34. The van der Waals surface area contributed by atoms with Crippen molar-refractivity contribution in [2.24, 2.45) is 0 Å². The van der Waals surface area contributed by atoms with E-state index in [-0.39, 0.29) is 24.6 Å². The number of H-pyrrole nitrogens is 1. The number of carbonyl (C=O) groups excluding carboxylic acids is 1. The van der Waals surface area contributed by atoms with E-state index in [9.17, 15) is 13.6 Å². The zero-order valence-corrected chi connectivity index (χ0v) is 17.3. The van der Waals surface area contributed by atoms with Crippen molar-refractivity contribution >= 4 is 23.0 Å². The van der Waals surface area contributed by atoms with E-state index < -0.39 is 23.8 Å². The van der Waals surface area contributed by atoms with Gasteiger partial charge in [0, 0.05) is 43.6 Å². The van der Waals surface area contributed by atoms with Gasteiger partial charge in [-0.1, -0.05) is 11.6 Å². The van der Waals surface area contributed by atoms with Crippen molar-refractivity contribution in [3.05, 3.63) is 64.6 Å². The summed E-state index contributed by atoms with van der Waals surface area (Å²) in [6.07, 6.45) is 3.20. The fourth-order valence-electron chi connectivity index (χ4n) is 4.37. The lowest BCUT2D eigenvalue weighted by molar-refractivity contribution is -0.0919. The SMILES string of the molecule is O=C(c1nnc(C2CC(F)(F)C2)o1)N1CCc2[nH]cnc2C1c1cc2c(Cl)cccn2n1. The van der Waals surface area contributed by atoms with E-state index in [1.54, 1.807) is 34.1 Å². The van der Waals surface area contributed by atoms with Crippen molar-refractivity contribution in [3.63, 3.8) is 0 Å². The van der Waals surface area contributed by atoms with E-state index in [0.717, 1.165) is 5.69 Å². The van der Waals surface area contributed by atoms with Crippen LogP contribution in [0.15, 0.2) is 35.1 Å². The largest absolute Gasteiger partial charge is 0.417 e. The van der Waals surface area contributed by atoms with Crippen LogP contribution < -0.4 is 0 Å². The normalized spacial score (nSPS) is 20.3. The third kappa shape index (κ3) is 2.99. The molecular formula is C20H16ClF2N7O2. The minimum atomic E-state index is -2.72. The standard InChI is InChI=1S/C20H16ClF2N7O2/c21-11-2-1-4-30-14(11)6-13(28-30)16-15-12(24-9-25-15)3-5-29(16)19(31)18-27-26-17(32-18)10-7-20(22,23)8-10/h1-2,4,6,9-10,16H,3,5,7-8H2,(H,24,25). The van der Waals surface area contributed by atoms with Crippen LogP contribution in [-0.4, -0.2) is 53.1 Å². The van der Waals surface area contributed by atoms with Crippen molar-refractivity contribution in [1.29, 1.82) is 0 Å². The molecular weight excluding hydrogens is 444 g/mol. The Kier molecular flexibility index (Phi) is 4.13. The Bertz CT molecular complexity index is 1340. The van der Waals surface area contributed by atoms with E-state index in [1.165, 1.54) is 0 Å². The Labute approximate surface area is 184 Å². The highest BCUT2D eigenvalue weighted by atomic mass is 35.5. The second-order valence-corrected chi connectivity index (χ2v) is 8.49.